The highest BCUT2D eigenvalue weighted by Crippen LogP contribution is 2.15. The number of piperidine rings is 1. The number of hydrogen-bond acceptors (Lipinski definition) is 4. The SMILES string of the molecule is CCCN(CC)c1ccc(C(=O)N2CCC(N)CC2)cn1.Cl.Cl. The number of aromatic nitrogens is 1. The fourth-order valence-electron chi connectivity index (χ4n) is 2.69. The lowest BCUT2D eigenvalue weighted by Gasteiger charge is -2.30. The summed E-state index contributed by atoms with van der Waals surface area (Å²) in [6.07, 6.45) is 4.56. The molecule has 1 aromatic heterocycles. The summed E-state index contributed by atoms with van der Waals surface area (Å²) in [6, 6.07) is 4.07. The third-order valence-electron chi connectivity index (χ3n) is 4.02. The largest absolute Gasteiger partial charge is 0.357 e. The first-order valence-electron chi connectivity index (χ1n) is 7.91. The zero-order valence-corrected chi connectivity index (χ0v) is 15.5. The first-order valence-corrected chi connectivity index (χ1v) is 7.91. The maximum absolute atomic E-state index is 12.4. The number of nitrogens with two attached hydrogens (primary N) is 1. The maximum Gasteiger partial charge on any atom is 0.255 e. The van der Waals surface area contributed by atoms with Crippen molar-refractivity contribution in [1.29, 1.82) is 0 Å². The van der Waals surface area contributed by atoms with E-state index in [-0.39, 0.29) is 36.8 Å². The smallest absolute Gasteiger partial charge is 0.255 e. The molecule has 0 atom stereocenters. The first-order chi connectivity index (χ1) is 10.2. The molecule has 0 radical (unpaired) electrons. The van der Waals surface area contributed by atoms with Crippen molar-refractivity contribution in [2.24, 2.45) is 5.73 Å². The molecule has 0 unspecified atom stereocenters. The van der Waals surface area contributed by atoms with Crippen molar-refractivity contribution in [2.45, 2.75) is 39.2 Å². The lowest BCUT2D eigenvalue weighted by Crippen LogP contribution is -2.42. The van der Waals surface area contributed by atoms with Crippen molar-refractivity contribution in [3.05, 3.63) is 23.9 Å². The Balaban J connectivity index is 0.00000242. The summed E-state index contributed by atoms with van der Waals surface area (Å²) in [5, 5.41) is 0. The summed E-state index contributed by atoms with van der Waals surface area (Å²) >= 11 is 0. The van der Waals surface area contributed by atoms with Gasteiger partial charge in [-0.15, -0.1) is 24.8 Å². The number of halogens is 2. The number of likely N-dealkylation sites (tertiary alicyclic amines) is 1. The van der Waals surface area contributed by atoms with Gasteiger partial charge in [0.25, 0.3) is 5.91 Å². The van der Waals surface area contributed by atoms with Crippen molar-refractivity contribution in [1.82, 2.24) is 9.88 Å². The topological polar surface area (TPSA) is 62.5 Å². The van der Waals surface area contributed by atoms with E-state index < -0.39 is 0 Å². The molecule has 1 saturated heterocycles. The van der Waals surface area contributed by atoms with Crippen LogP contribution < -0.4 is 10.6 Å². The molecule has 1 amide bonds. The molecule has 2 rings (SSSR count). The van der Waals surface area contributed by atoms with Gasteiger partial charge in [0.15, 0.2) is 0 Å². The van der Waals surface area contributed by atoms with Gasteiger partial charge in [-0.05, 0) is 38.3 Å². The molecule has 0 aliphatic carbocycles. The van der Waals surface area contributed by atoms with Crippen LogP contribution in [0.1, 0.15) is 43.5 Å². The van der Waals surface area contributed by atoms with E-state index in [1.807, 2.05) is 17.0 Å². The summed E-state index contributed by atoms with van der Waals surface area (Å²) < 4.78 is 0. The van der Waals surface area contributed by atoms with Crippen LogP contribution in [0.3, 0.4) is 0 Å². The highest BCUT2D eigenvalue weighted by Gasteiger charge is 2.21. The van der Waals surface area contributed by atoms with E-state index in [0.29, 0.717) is 5.56 Å². The number of rotatable bonds is 5. The van der Waals surface area contributed by atoms with Crippen molar-refractivity contribution in [2.75, 3.05) is 31.1 Å². The fourth-order valence-corrected chi connectivity index (χ4v) is 2.69. The molecule has 0 bridgehead atoms. The number of hydrogen-bond donors (Lipinski definition) is 1. The molecule has 5 nitrogen and oxygen atoms in total. The van der Waals surface area contributed by atoms with Gasteiger partial charge in [-0.25, -0.2) is 4.98 Å². The Kier molecular flexibility index (Phi) is 10.2. The normalized spacial score (nSPS) is 14.7. The van der Waals surface area contributed by atoms with Gasteiger partial charge in [0, 0.05) is 38.4 Å². The van der Waals surface area contributed by atoms with Crippen LogP contribution in [-0.4, -0.2) is 48.0 Å². The average Bonchev–Trinajstić information content (AvgIpc) is 2.53. The van der Waals surface area contributed by atoms with E-state index in [0.717, 1.165) is 51.3 Å². The second-order valence-corrected chi connectivity index (χ2v) is 5.61. The van der Waals surface area contributed by atoms with Crippen LogP contribution in [0.2, 0.25) is 0 Å². The molecule has 2 heterocycles. The van der Waals surface area contributed by atoms with Gasteiger partial charge in [-0.3, -0.25) is 4.79 Å². The van der Waals surface area contributed by atoms with Crippen molar-refractivity contribution >= 4 is 36.5 Å². The third kappa shape index (κ3) is 5.83. The molecule has 23 heavy (non-hydrogen) atoms. The molecular weight excluding hydrogens is 335 g/mol. The Labute approximate surface area is 151 Å². The number of carbonyl (C=O) groups excluding carboxylic acids is 1. The first kappa shape index (κ1) is 22.0. The highest BCUT2D eigenvalue weighted by atomic mass is 35.5. The van der Waals surface area contributed by atoms with E-state index in [2.05, 4.69) is 23.7 Å². The third-order valence-corrected chi connectivity index (χ3v) is 4.02. The van der Waals surface area contributed by atoms with Crippen molar-refractivity contribution < 1.29 is 4.79 Å². The molecule has 1 aliphatic rings. The minimum atomic E-state index is 0. The molecule has 1 fully saturated rings. The predicted octanol–water partition coefficient (Wildman–Crippen LogP) is 2.72. The Morgan fingerprint density at radius 2 is 1.96 bits per heavy atom. The number of pyridine rings is 1. The van der Waals surface area contributed by atoms with Crippen molar-refractivity contribution in [3.63, 3.8) is 0 Å². The molecule has 2 N–H and O–H groups in total. The summed E-state index contributed by atoms with van der Waals surface area (Å²) in [5.41, 5.74) is 6.55. The van der Waals surface area contributed by atoms with Gasteiger partial charge >= 0.3 is 0 Å². The van der Waals surface area contributed by atoms with Crippen LogP contribution >= 0.6 is 24.8 Å². The molecule has 1 aromatic rings. The van der Waals surface area contributed by atoms with Crippen LogP contribution in [0.5, 0.6) is 0 Å². The van der Waals surface area contributed by atoms with Crippen LogP contribution in [0.25, 0.3) is 0 Å². The summed E-state index contributed by atoms with van der Waals surface area (Å²) in [5.74, 6) is 1.01. The van der Waals surface area contributed by atoms with Crippen LogP contribution in [0, 0.1) is 0 Å². The Morgan fingerprint density at radius 3 is 2.43 bits per heavy atom. The van der Waals surface area contributed by atoms with Gasteiger partial charge in [-0.2, -0.15) is 0 Å². The molecule has 1 aliphatic heterocycles. The second-order valence-electron chi connectivity index (χ2n) is 5.61. The molecule has 7 heteroatoms. The molecule has 0 aromatic carbocycles. The van der Waals surface area contributed by atoms with Crippen LogP contribution in [0.15, 0.2) is 18.3 Å². The maximum atomic E-state index is 12.4. The van der Waals surface area contributed by atoms with Gasteiger partial charge in [0.05, 0.1) is 5.56 Å². The standard InChI is InChI=1S/C16H26N4O.2ClH/c1-3-9-19(4-2)15-6-5-13(12-18-15)16(21)20-10-7-14(17)8-11-20;;/h5-6,12,14H,3-4,7-11,17H2,1-2H3;2*1H. The minimum Gasteiger partial charge on any atom is -0.357 e. The molecule has 132 valence electrons. The molecule has 0 saturated carbocycles. The number of nitrogens with zero attached hydrogens (tertiary/aromatic N) is 3. The van der Waals surface area contributed by atoms with Crippen molar-refractivity contribution in [3.8, 4) is 0 Å². The van der Waals surface area contributed by atoms with Crippen LogP contribution in [0.4, 0.5) is 5.82 Å². The van der Waals surface area contributed by atoms with E-state index in [1.165, 1.54) is 0 Å². The van der Waals surface area contributed by atoms with Gasteiger partial charge in [-0.1, -0.05) is 6.92 Å². The van der Waals surface area contributed by atoms with Gasteiger partial charge in [0.1, 0.15) is 5.82 Å². The molecule has 0 spiro atoms. The monoisotopic (exact) mass is 362 g/mol. The Hall–Kier alpha value is -1.04. The van der Waals surface area contributed by atoms with E-state index >= 15 is 0 Å². The molecular formula is C16H28Cl2N4O. The predicted molar refractivity (Wildman–Crippen MR) is 100 cm³/mol. The lowest BCUT2D eigenvalue weighted by molar-refractivity contribution is 0.0714. The van der Waals surface area contributed by atoms with Gasteiger partial charge < -0.3 is 15.5 Å². The number of carbonyl (C=O) groups is 1. The Morgan fingerprint density at radius 1 is 1.30 bits per heavy atom. The summed E-state index contributed by atoms with van der Waals surface area (Å²) in [4.78, 5) is 21.0. The van der Waals surface area contributed by atoms with Gasteiger partial charge in [0.2, 0.25) is 0 Å². The lowest BCUT2D eigenvalue weighted by atomic mass is 10.1. The van der Waals surface area contributed by atoms with Crippen LogP contribution in [-0.2, 0) is 0 Å². The minimum absolute atomic E-state index is 0. The van der Waals surface area contributed by atoms with E-state index in [4.69, 9.17) is 5.73 Å². The zero-order valence-electron chi connectivity index (χ0n) is 13.9. The zero-order chi connectivity index (χ0) is 15.2. The van der Waals surface area contributed by atoms with E-state index in [1.54, 1.807) is 6.20 Å². The average molecular weight is 363 g/mol. The van der Waals surface area contributed by atoms with E-state index in [9.17, 15) is 4.79 Å². The summed E-state index contributed by atoms with van der Waals surface area (Å²) in [6.45, 7) is 7.69. The quantitative estimate of drug-likeness (QED) is 0.874. The number of amides is 1. The summed E-state index contributed by atoms with van der Waals surface area (Å²) in [7, 11) is 0. The highest BCUT2D eigenvalue weighted by molar-refractivity contribution is 5.94. The Bertz CT molecular complexity index is 462. The number of anilines is 1. The fraction of sp³-hybridized carbons (Fsp3) is 0.625. The second kappa shape index (κ2) is 10.7.